The summed E-state index contributed by atoms with van der Waals surface area (Å²) >= 11 is 0. The zero-order chi connectivity index (χ0) is 23.3. The molecule has 4 amide bonds. The van der Waals surface area contributed by atoms with Gasteiger partial charge >= 0.3 is 6.03 Å². The van der Waals surface area contributed by atoms with Gasteiger partial charge in [0, 0.05) is 37.4 Å². The topological polar surface area (TPSA) is 81.8 Å². The standard InChI is InChI=1S/C25H32N4O3/c1-17-7-5-8-21(16-17)24(31)29-12-6-11-28(13-14-29)20(4)23(30)27-25(32)26-22-10-9-18(2)15-19(22)3/h5,7-10,15-16,20H,6,11-14H2,1-4H3,(H2,26,27,30,32). The predicted molar refractivity (Wildman–Crippen MR) is 126 cm³/mol. The average molecular weight is 437 g/mol. The summed E-state index contributed by atoms with van der Waals surface area (Å²) < 4.78 is 0. The molecule has 1 heterocycles. The van der Waals surface area contributed by atoms with Crippen molar-refractivity contribution in [3.05, 3.63) is 64.7 Å². The molecule has 1 aliphatic heterocycles. The van der Waals surface area contributed by atoms with Crippen molar-refractivity contribution in [2.45, 2.75) is 40.2 Å². The van der Waals surface area contributed by atoms with Gasteiger partial charge in [0.15, 0.2) is 0 Å². The van der Waals surface area contributed by atoms with Crippen molar-refractivity contribution < 1.29 is 14.4 Å². The lowest BCUT2D eigenvalue weighted by Crippen LogP contribution is -2.49. The number of amides is 4. The number of nitrogens with zero attached hydrogens (tertiary/aromatic N) is 2. The van der Waals surface area contributed by atoms with Gasteiger partial charge in [-0.05, 0) is 57.9 Å². The van der Waals surface area contributed by atoms with Crippen LogP contribution >= 0.6 is 0 Å². The molecule has 0 radical (unpaired) electrons. The molecule has 2 N–H and O–H groups in total. The Bertz CT molecular complexity index is 1000. The number of hydrogen-bond donors (Lipinski definition) is 2. The van der Waals surface area contributed by atoms with Crippen LogP contribution in [-0.2, 0) is 4.79 Å². The van der Waals surface area contributed by atoms with E-state index in [9.17, 15) is 14.4 Å². The lowest BCUT2D eigenvalue weighted by atomic mass is 10.1. The summed E-state index contributed by atoms with van der Waals surface area (Å²) in [5.74, 6) is -0.341. The summed E-state index contributed by atoms with van der Waals surface area (Å²) in [5.41, 5.74) is 4.46. The summed E-state index contributed by atoms with van der Waals surface area (Å²) in [4.78, 5) is 41.7. The van der Waals surface area contributed by atoms with Crippen molar-refractivity contribution in [3.8, 4) is 0 Å². The Labute approximate surface area is 189 Å². The van der Waals surface area contributed by atoms with Crippen LogP contribution in [0.25, 0.3) is 0 Å². The highest BCUT2D eigenvalue weighted by Crippen LogP contribution is 2.16. The molecule has 1 unspecified atom stereocenters. The van der Waals surface area contributed by atoms with E-state index >= 15 is 0 Å². The van der Waals surface area contributed by atoms with Crippen molar-refractivity contribution in [2.75, 3.05) is 31.5 Å². The molecule has 1 saturated heterocycles. The SMILES string of the molecule is Cc1cccc(C(=O)N2CCCN(C(C)C(=O)NC(=O)Nc3ccc(C)cc3C)CC2)c1. The number of benzene rings is 2. The lowest BCUT2D eigenvalue weighted by molar-refractivity contribution is -0.124. The Kier molecular flexibility index (Phi) is 7.64. The summed E-state index contributed by atoms with van der Waals surface area (Å²) in [5, 5.41) is 5.18. The summed E-state index contributed by atoms with van der Waals surface area (Å²) in [6, 6.07) is 12.3. The molecule has 2 aromatic rings. The third-order valence-electron chi connectivity index (χ3n) is 5.88. The first-order chi connectivity index (χ1) is 15.2. The Balaban J connectivity index is 1.54. The molecule has 1 aliphatic rings. The largest absolute Gasteiger partial charge is 0.337 e. The minimum Gasteiger partial charge on any atom is -0.337 e. The van der Waals surface area contributed by atoms with Gasteiger partial charge in [0.2, 0.25) is 5.91 Å². The molecular formula is C25H32N4O3. The third-order valence-corrected chi connectivity index (χ3v) is 5.88. The van der Waals surface area contributed by atoms with Crippen molar-refractivity contribution in [2.24, 2.45) is 0 Å². The van der Waals surface area contributed by atoms with Crippen molar-refractivity contribution in [3.63, 3.8) is 0 Å². The van der Waals surface area contributed by atoms with Crippen molar-refractivity contribution in [1.29, 1.82) is 0 Å². The Morgan fingerprint density at radius 3 is 2.38 bits per heavy atom. The van der Waals surface area contributed by atoms with Crippen molar-refractivity contribution >= 4 is 23.5 Å². The van der Waals surface area contributed by atoms with Crippen LogP contribution in [0.4, 0.5) is 10.5 Å². The molecular weight excluding hydrogens is 404 g/mol. The van der Waals surface area contributed by atoms with E-state index in [-0.39, 0.29) is 11.8 Å². The molecule has 2 aromatic carbocycles. The van der Waals surface area contributed by atoms with E-state index < -0.39 is 12.1 Å². The summed E-state index contributed by atoms with van der Waals surface area (Å²) in [6.07, 6.45) is 0.768. The van der Waals surface area contributed by atoms with Crippen LogP contribution in [0.1, 0.15) is 40.4 Å². The monoisotopic (exact) mass is 436 g/mol. The first-order valence-corrected chi connectivity index (χ1v) is 11.0. The van der Waals surface area contributed by atoms with E-state index in [0.717, 1.165) is 23.1 Å². The number of urea groups is 1. The van der Waals surface area contributed by atoms with E-state index in [2.05, 4.69) is 10.6 Å². The van der Waals surface area contributed by atoms with E-state index in [4.69, 9.17) is 0 Å². The second kappa shape index (κ2) is 10.4. The number of carbonyl (C=O) groups is 3. The van der Waals surface area contributed by atoms with Gasteiger partial charge in [-0.25, -0.2) is 4.79 Å². The van der Waals surface area contributed by atoms with E-state index in [0.29, 0.717) is 37.4 Å². The van der Waals surface area contributed by atoms with Crippen LogP contribution in [-0.4, -0.2) is 59.9 Å². The van der Waals surface area contributed by atoms with Crippen LogP contribution in [0, 0.1) is 20.8 Å². The molecule has 0 bridgehead atoms. The zero-order valence-corrected chi connectivity index (χ0v) is 19.3. The fraction of sp³-hybridized carbons (Fsp3) is 0.400. The minimum atomic E-state index is -0.542. The smallest absolute Gasteiger partial charge is 0.325 e. The molecule has 32 heavy (non-hydrogen) atoms. The van der Waals surface area contributed by atoms with Gasteiger partial charge in [-0.3, -0.25) is 19.8 Å². The summed E-state index contributed by atoms with van der Waals surface area (Å²) in [7, 11) is 0. The van der Waals surface area contributed by atoms with Gasteiger partial charge in [-0.2, -0.15) is 0 Å². The molecule has 7 nitrogen and oxygen atoms in total. The second-order valence-electron chi connectivity index (χ2n) is 8.49. The number of anilines is 1. The predicted octanol–water partition coefficient (Wildman–Crippen LogP) is 3.50. The molecule has 1 fully saturated rings. The average Bonchev–Trinajstić information content (AvgIpc) is 3.01. The van der Waals surface area contributed by atoms with Gasteiger partial charge in [-0.1, -0.05) is 35.4 Å². The molecule has 0 saturated carbocycles. The van der Waals surface area contributed by atoms with Gasteiger partial charge in [0.25, 0.3) is 5.91 Å². The number of aryl methyl sites for hydroxylation is 3. The van der Waals surface area contributed by atoms with E-state index in [1.807, 2.05) is 73.0 Å². The highest BCUT2D eigenvalue weighted by atomic mass is 16.2. The second-order valence-corrected chi connectivity index (χ2v) is 8.49. The zero-order valence-electron chi connectivity index (χ0n) is 19.3. The highest BCUT2D eigenvalue weighted by molar-refractivity contribution is 6.03. The minimum absolute atomic E-state index is 0.0144. The van der Waals surface area contributed by atoms with Crippen LogP contribution in [0.5, 0.6) is 0 Å². The summed E-state index contributed by atoms with van der Waals surface area (Å²) in [6.45, 7) is 10.1. The Morgan fingerprint density at radius 2 is 1.66 bits per heavy atom. The third kappa shape index (κ3) is 5.95. The molecule has 7 heteroatoms. The molecule has 3 rings (SSSR count). The van der Waals surface area contributed by atoms with E-state index in [1.54, 1.807) is 6.92 Å². The fourth-order valence-electron chi connectivity index (χ4n) is 3.98. The van der Waals surface area contributed by atoms with Crippen LogP contribution in [0.15, 0.2) is 42.5 Å². The molecule has 170 valence electrons. The maximum Gasteiger partial charge on any atom is 0.325 e. The number of rotatable bonds is 4. The molecule has 0 aromatic heterocycles. The number of imide groups is 1. The number of hydrogen-bond acceptors (Lipinski definition) is 4. The first kappa shape index (κ1) is 23.5. The van der Waals surface area contributed by atoms with Gasteiger partial charge in [0.1, 0.15) is 0 Å². The number of nitrogens with one attached hydrogen (secondary N) is 2. The Morgan fingerprint density at radius 1 is 0.906 bits per heavy atom. The lowest BCUT2D eigenvalue weighted by Gasteiger charge is -2.26. The molecule has 1 atom stereocenters. The van der Waals surface area contributed by atoms with Gasteiger partial charge < -0.3 is 10.2 Å². The maximum absolute atomic E-state index is 12.9. The van der Waals surface area contributed by atoms with Crippen molar-refractivity contribution in [1.82, 2.24) is 15.1 Å². The van der Waals surface area contributed by atoms with Gasteiger partial charge in [-0.15, -0.1) is 0 Å². The van der Waals surface area contributed by atoms with Crippen LogP contribution in [0.3, 0.4) is 0 Å². The highest BCUT2D eigenvalue weighted by Gasteiger charge is 2.27. The molecule has 0 spiro atoms. The normalized spacial score (nSPS) is 15.6. The Hall–Kier alpha value is -3.19. The van der Waals surface area contributed by atoms with Crippen LogP contribution < -0.4 is 10.6 Å². The van der Waals surface area contributed by atoms with E-state index in [1.165, 1.54) is 0 Å². The fourth-order valence-corrected chi connectivity index (χ4v) is 3.98. The molecule has 0 aliphatic carbocycles. The quantitative estimate of drug-likeness (QED) is 0.769. The maximum atomic E-state index is 12.9. The van der Waals surface area contributed by atoms with Gasteiger partial charge in [0.05, 0.1) is 6.04 Å². The number of carbonyl (C=O) groups excluding carboxylic acids is 3. The van der Waals surface area contributed by atoms with Crippen LogP contribution in [0.2, 0.25) is 0 Å². The first-order valence-electron chi connectivity index (χ1n) is 11.0.